The lowest BCUT2D eigenvalue weighted by molar-refractivity contribution is 0.0994. The summed E-state index contributed by atoms with van der Waals surface area (Å²) in [6, 6.07) is 1.96. The summed E-state index contributed by atoms with van der Waals surface area (Å²) in [6.45, 7) is 12.4. The van der Waals surface area contributed by atoms with Crippen molar-refractivity contribution in [3.63, 3.8) is 0 Å². The molecule has 102 valence electrons. The SMILES string of the molecule is CC1CC(C(C)C)=NO1.Cc1cc(C(C)C)no1. The van der Waals surface area contributed by atoms with Gasteiger partial charge in [-0.15, -0.1) is 0 Å². The molecule has 0 fully saturated rings. The van der Waals surface area contributed by atoms with Gasteiger partial charge < -0.3 is 9.36 Å². The minimum Gasteiger partial charge on any atom is -0.392 e. The molecule has 0 bridgehead atoms. The van der Waals surface area contributed by atoms with Gasteiger partial charge in [-0.25, -0.2) is 0 Å². The van der Waals surface area contributed by atoms with Crippen LogP contribution >= 0.6 is 0 Å². The Bertz CT molecular complexity index is 394. The fraction of sp³-hybridized carbons (Fsp3) is 0.714. The maximum atomic E-state index is 5.01. The van der Waals surface area contributed by atoms with Crippen LogP contribution in [0.2, 0.25) is 0 Å². The molecule has 2 heterocycles. The van der Waals surface area contributed by atoms with Gasteiger partial charge in [0.05, 0.1) is 11.4 Å². The van der Waals surface area contributed by atoms with Crippen molar-refractivity contribution in [1.29, 1.82) is 0 Å². The first-order valence-corrected chi connectivity index (χ1v) is 6.56. The van der Waals surface area contributed by atoms with Gasteiger partial charge in [-0.05, 0) is 25.7 Å². The van der Waals surface area contributed by atoms with Gasteiger partial charge in [0.2, 0.25) is 0 Å². The smallest absolute Gasteiger partial charge is 0.133 e. The zero-order chi connectivity index (χ0) is 13.7. The summed E-state index contributed by atoms with van der Waals surface area (Å²) >= 11 is 0. The van der Waals surface area contributed by atoms with Crippen LogP contribution in [0.3, 0.4) is 0 Å². The Morgan fingerprint density at radius 3 is 2.11 bits per heavy atom. The Balaban J connectivity index is 0.000000180. The van der Waals surface area contributed by atoms with Gasteiger partial charge in [-0.3, -0.25) is 0 Å². The van der Waals surface area contributed by atoms with Crippen molar-refractivity contribution in [2.45, 2.75) is 60.0 Å². The highest BCUT2D eigenvalue weighted by atomic mass is 16.6. The molecule has 1 aliphatic heterocycles. The third-order valence-corrected chi connectivity index (χ3v) is 2.75. The van der Waals surface area contributed by atoms with E-state index >= 15 is 0 Å². The molecule has 0 aliphatic carbocycles. The Kier molecular flexibility index (Phi) is 5.38. The highest BCUT2D eigenvalue weighted by Gasteiger charge is 2.17. The van der Waals surface area contributed by atoms with Gasteiger partial charge in [-0.2, -0.15) is 0 Å². The Labute approximate surface area is 109 Å². The van der Waals surface area contributed by atoms with Crippen LogP contribution in [0.15, 0.2) is 15.7 Å². The van der Waals surface area contributed by atoms with Crippen molar-refractivity contribution in [1.82, 2.24) is 5.16 Å². The number of aromatic nitrogens is 1. The van der Waals surface area contributed by atoms with Crippen LogP contribution in [0.1, 0.15) is 58.4 Å². The fourth-order valence-electron chi connectivity index (χ4n) is 1.53. The molecular weight excluding hydrogens is 228 g/mol. The summed E-state index contributed by atoms with van der Waals surface area (Å²) in [6.07, 6.45) is 1.32. The molecular formula is C14H24N2O2. The average Bonchev–Trinajstić information content (AvgIpc) is 2.88. The fourth-order valence-corrected chi connectivity index (χ4v) is 1.53. The maximum absolute atomic E-state index is 5.01. The Morgan fingerprint density at radius 1 is 1.22 bits per heavy atom. The van der Waals surface area contributed by atoms with Crippen LogP contribution in [0, 0.1) is 12.8 Å². The van der Waals surface area contributed by atoms with E-state index in [1.807, 2.05) is 19.9 Å². The van der Waals surface area contributed by atoms with Crippen molar-refractivity contribution in [2.24, 2.45) is 11.1 Å². The average molecular weight is 252 g/mol. The van der Waals surface area contributed by atoms with Gasteiger partial charge in [-0.1, -0.05) is 38.0 Å². The molecule has 0 amide bonds. The van der Waals surface area contributed by atoms with E-state index in [1.54, 1.807) is 0 Å². The van der Waals surface area contributed by atoms with Crippen molar-refractivity contribution < 1.29 is 9.36 Å². The van der Waals surface area contributed by atoms with Crippen LogP contribution in [0.25, 0.3) is 0 Å². The zero-order valence-electron chi connectivity index (χ0n) is 12.2. The monoisotopic (exact) mass is 252 g/mol. The second-order valence-corrected chi connectivity index (χ2v) is 5.37. The summed E-state index contributed by atoms with van der Waals surface area (Å²) in [5, 5.41) is 7.77. The lowest BCUT2D eigenvalue weighted by Gasteiger charge is -1.99. The minimum absolute atomic E-state index is 0.308. The second kappa shape index (κ2) is 6.57. The number of aryl methyl sites for hydroxylation is 1. The van der Waals surface area contributed by atoms with Crippen LogP contribution in [0.4, 0.5) is 0 Å². The summed E-state index contributed by atoms with van der Waals surface area (Å²) in [5.41, 5.74) is 2.23. The molecule has 4 nitrogen and oxygen atoms in total. The summed E-state index contributed by atoms with van der Waals surface area (Å²) < 4.78 is 4.88. The van der Waals surface area contributed by atoms with Crippen molar-refractivity contribution in [3.8, 4) is 0 Å². The summed E-state index contributed by atoms with van der Waals surface area (Å²) in [4.78, 5) is 5.01. The third-order valence-electron chi connectivity index (χ3n) is 2.75. The molecule has 1 unspecified atom stereocenters. The lowest BCUT2D eigenvalue weighted by atomic mass is 10.0. The molecule has 1 aromatic heterocycles. The molecule has 0 saturated carbocycles. The largest absolute Gasteiger partial charge is 0.392 e. The first kappa shape index (κ1) is 14.7. The topological polar surface area (TPSA) is 47.6 Å². The van der Waals surface area contributed by atoms with E-state index in [2.05, 4.69) is 38.0 Å². The molecule has 4 heteroatoms. The Morgan fingerprint density at radius 2 is 1.89 bits per heavy atom. The molecule has 18 heavy (non-hydrogen) atoms. The molecule has 0 radical (unpaired) electrons. The number of rotatable bonds is 2. The van der Waals surface area contributed by atoms with Crippen LogP contribution in [-0.4, -0.2) is 17.0 Å². The molecule has 1 aromatic rings. The minimum atomic E-state index is 0.308. The number of oxime groups is 1. The van der Waals surface area contributed by atoms with E-state index in [0.29, 0.717) is 17.9 Å². The first-order valence-electron chi connectivity index (χ1n) is 6.56. The Hall–Kier alpha value is -1.32. The van der Waals surface area contributed by atoms with E-state index in [0.717, 1.165) is 17.9 Å². The summed E-state index contributed by atoms with van der Waals surface area (Å²) in [5.74, 6) is 1.91. The molecule has 0 N–H and O–H groups in total. The predicted octanol–water partition coefficient (Wildman–Crippen LogP) is 3.91. The van der Waals surface area contributed by atoms with E-state index < -0.39 is 0 Å². The van der Waals surface area contributed by atoms with Gasteiger partial charge in [0.15, 0.2) is 0 Å². The molecule has 2 rings (SSSR count). The van der Waals surface area contributed by atoms with Gasteiger partial charge >= 0.3 is 0 Å². The number of nitrogens with zero attached hydrogens (tertiary/aromatic N) is 2. The molecule has 0 aromatic carbocycles. The van der Waals surface area contributed by atoms with Crippen LogP contribution in [0.5, 0.6) is 0 Å². The second-order valence-electron chi connectivity index (χ2n) is 5.37. The molecule has 0 saturated heterocycles. The molecule has 1 aliphatic rings. The third kappa shape index (κ3) is 4.51. The molecule has 1 atom stereocenters. The predicted molar refractivity (Wildman–Crippen MR) is 72.8 cm³/mol. The van der Waals surface area contributed by atoms with Gasteiger partial charge in [0.1, 0.15) is 11.9 Å². The van der Waals surface area contributed by atoms with E-state index in [4.69, 9.17) is 9.36 Å². The highest BCUT2D eigenvalue weighted by Crippen LogP contribution is 2.14. The standard InChI is InChI=1S/C7H13NO.C7H11NO/c2*1-5(2)7-4-6(3)9-8-7/h5-6H,4H2,1-3H3;4-5H,1-3H3. The van der Waals surface area contributed by atoms with E-state index in [1.165, 1.54) is 5.71 Å². The normalized spacial score (nSPS) is 18.4. The molecule has 0 spiro atoms. The van der Waals surface area contributed by atoms with E-state index in [9.17, 15) is 0 Å². The first-order chi connectivity index (χ1) is 8.40. The van der Waals surface area contributed by atoms with Crippen LogP contribution < -0.4 is 0 Å². The van der Waals surface area contributed by atoms with Crippen molar-refractivity contribution in [3.05, 3.63) is 17.5 Å². The quantitative estimate of drug-likeness (QED) is 0.801. The zero-order valence-corrected chi connectivity index (χ0v) is 12.2. The van der Waals surface area contributed by atoms with E-state index in [-0.39, 0.29) is 0 Å². The highest BCUT2D eigenvalue weighted by molar-refractivity contribution is 5.87. The lowest BCUT2D eigenvalue weighted by Crippen LogP contribution is -2.07. The van der Waals surface area contributed by atoms with Crippen molar-refractivity contribution >= 4 is 5.71 Å². The van der Waals surface area contributed by atoms with Gasteiger partial charge in [0.25, 0.3) is 0 Å². The van der Waals surface area contributed by atoms with Crippen molar-refractivity contribution in [2.75, 3.05) is 0 Å². The number of hydrogen-bond donors (Lipinski definition) is 0. The maximum Gasteiger partial charge on any atom is 0.133 e. The van der Waals surface area contributed by atoms with Gasteiger partial charge in [0, 0.05) is 12.5 Å². The van der Waals surface area contributed by atoms with Crippen LogP contribution in [-0.2, 0) is 4.84 Å². The number of hydrogen-bond acceptors (Lipinski definition) is 4. The summed E-state index contributed by atoms with van der Waals surface area (Å²) in [7, 11) is 0.